The molecule has 0 atom stereocenters. The molecule has 1 saturated heterocycles. The van der Waals surface area contributed by atoms with Gasteiger partial charge in [0.25, 0.3) is 0 Å². The summed E-state index contributed by atoms with van der Waals surface area (Å²) in [5.41, 5.74) is 2.05. The highest BCUT2D eigenvalue weighted by Gasteiger charge is 2.38. The van der Waals surface area contributed by atoms with Gasteiger partial charge < -0.3 is 9.47 Å². The largest absolute Gasteiger partial charge is 0.449 e. The summed E-state index contributed by atoms with van der Waals surface area (Å²) in [6.07, 6.45) is -3.11. The zero-order valence-corrected chi connectivity index (χ0v) is 17.8. The molecule has 2 aromatic carbocycles. The first-order valence-corrected chi connectivity index (χ1v) is 11.5. The molecule has 3 aromatic rings. The van der Waals surface area contributed by atoms with E-state index in [1.807, 2.05) is 35.2 Å². The lowest BCUT2D eigenvalue weighted by Gasteiger charge is -2.32. The van der Waals surface area contributed by atoms with Crippen molar-refractivity contribution in [3.05, 3.63) is 66.0 Å². The van der Waals surface area contributed by atoms with Crippen LogP contribution in [0.2, 0.25) is 0 Å². The van der Waals surface area contributed by atoms with Crippen molar-refractivity contribution >= 4 is 28.7 Å². The maximum Gasteiger partial charge on any atom is 0.449 e. The van der Waals surface area contributed by atoms with Gasteiger partial charge >= 0.3 is 6.18 Å². The second-order valence-electron chi connectivity index (χ2n) is 7.84. The Kier molecular flexibility index (Phi) is 6.55. The van der Waals surface area contributed by atoms with Crippen LogP contribution in [-0.4, -0.2) is 39.2 Å². The van der Waals surface area contributed by atoms with Gasteiger partial charge in [-0.3, -0.25) is 4.79 Å². The van der Waals surface area contributed by atoms with E-state index >= 15 is 0 Å². The molecule has 31 heavy (non-hydrogen) atoms. The average Bonchev–Trinajstić information content (AvgIpc) is 3.14. The molecule has 8 heteroatoms. The topological polar surface area (TPSA) is 38.1 Å². The van der Waals surface area contributed by atoms with E-state index in [2.05, 4.69) is 4.98 Å². The summed E-state index contributed by atoms with van der Waals surface area (Å²) < 4.78 is 41.8. The van der Waals surface area contributed by atoms with Gasteiger partial charge in [0.05, 0.1) is 16.8 Å². The number of carbonyl (C=O) groups is 1. The third kappa shape index (κ3) is 5.23. The molecule has 4 nitrogen and oxygen atoms in total. The number of alkyl halides is 3. The van der Waals surface area contributed by atoms with Gasteiger partial charge in [0.1, 0.15) is 0 Å². The van der Waals surface area contributed by atoms with Crippen molar-refractivity contribution in [3.63, 3.8) is 0 Å². The molecule has 0 bridgehead atoms. The van der Waals surface area contributed by atoms with Crippen LogP contribution in [0.1, 0.15) is 24.2 Å². The van der Waals surface area contributed by atoms with E-state index in [1.165, 1.54) is 10.1 Å². The minimum absolute atomic E-state index is 0.0831. The molecular weight excluding hydrogens is 423 g/mol. The monoisotopic (exact) mass is 447 g/mol. The Hall–Kier alpha value is -2.48. The molecule has 0 N–H and O–H groups in total. The number of halogens is 3. The number of benzene rings is 2. The fraction of sp³-hybridized carbons (Fsp3) is 0.391. The summed E-state index contributed by atoms with van der Waals surface area (Å²) in [7, 11) is 0. The van der Waals surface area contributed by atoms with Crippen molar-refractivity contribution in [1.29, 1.82) is 0 Å². The van der Waals surface area contributed by atoms with Crippen LogP contribution in [0.4, 0.5) is 13.2 Å². The Morgan fingerprint density at radius 1 is 1.03 bits per heavy atom. The van der Waals surface area contributed by atoms with Crippen LogP contribution in [0.15, 0.2) is 54.6 Å². The molecule has 1 aromatic heterocycles. The van der Waals surface area contributed by atoms with Gasteiger partial charge in [-0.25, -0.2) is 4.98 Å². The molecule has 0 spiro atoms. The maximum atomic E-state index is 13.5. The molecule has 1 amide bonds. The standard InChI is InChI=1S/C23H24F3N3OS/c24-23(25,26)22-27-19-8-4-5-9-20(19)29(22)14-17-10-12-28(13-11-17)21(30)16-31-15-18-6-2-1-3-7-18/h1-9,17H,10-16H2. The maximum absolute atomic E-state index is 13.5. The molecule has 1 fully saturated rings. The van der Waals surface area contributed by atoms with Gasteiger partial charge in [0.2, 0.25) is 11.7 Å². The highest BCUT2D eigenvalue weighted by atomic mass is 32.2. The summed E-state index contributed by atoms with van der Waals surface area (Å²) in [5, 5.41) is 0. The lowest BCUT2D eigenvalue weighted by Crippen LogP contribution is -2.40. The first-order valence-electron chi connectivity index (χ1n) is 10.3. The van der Waals surface area contributed by atoms with Crippen molar-refractivity contribution in [2.24, 2.45) is 5.92 Å². The minimum Gasteiger partial charge on any atom is -0.342 e. The summed E-state index contributed by atoms with van der Waals surface area (Å²) in [4.78, 5) is 18.2. The molecule has 0 saturated carbocycles. The molecule has 164 valence electrons. The predicted molar refractivity (Wildman–Crippen MR) is 117 cm³/mol. The van der Waals surface area contributed by atoms with Crippen LogP contribution >= 0.6 is 11.8 Å². The SMILES string of the molecule is O=C(CSCc1ccccc1)N1CCC(Cn2c(C(F)(F)F)nc3ccccc32)CC1. The van der Waals surface area contributed by atoms with Crippen molar-refractivity contribution in [2.75, 3.05) is 18.8 Å². The van der Waals surface area contributed by atoms with Gasteiger partial charge in [-0.2, -0.15) is 13.2 Å². The summed E-state index contributed by atoms with van der Waals surface area (Å²) in [5.74, 6) is 0.550. The van der Waals surface area contributed by atoms with Crippen LogP contribution in [0.5, 0.6) is 0 Å². The number of thioether (sulfide) groups is 1. The molecule has 4 rings (SSSR count). The molecular formula is C23H24F3N3OS. The van der Waals surface area contributed by atoms with Gasteiger partial charge in [-0.15, -0.1) is 11.8 Å². The van der Waals surface area contributed by atoms with Crippen molar-refractivity contribution in [2.45, 2.75) is 31.3 Å². The Morgan fingerprint density at radius 3 is 2.42 bits per heavy atom. The lowest BCUT2D eigenvalue weighted by molar-refractivity contribution is -0.147. The molecule has 1 aliphatic rings. The van der Waals surface area contributed by atoms with E-state index in [0.29, 0.717) is 42.7 Å². The van der Waals surface area contributed by atoms with Crippen LogP contribution in [0, 0.1) is 5.92 Å². The number of likely N-dealkylation sites (tertiary alicyclic amines) is 1. The molecule has 0 aliphatic carbocycles. The van der Waals surface area contributed by atoms with E-state index in [0.717, 1.165) is 5.75 Å². The number of carbonyl (C=O) groups excluding carboxylic acids is 1. The third-order valence-electron chi connectivity index (χ3n) is 5.65. The Bertz CT molecular complexity index is 1030. The second kappa shape index (κ2) is 9.34. The number of imidazole rings is 1. The lowest BCUT2D eigenvalue weighted by atomic mass is 9.96. The van der Waals surface area contributed by atoms with E-state index in [-0.39, 0.29) is 18.4 Å². The summed E-state index contributed by atoms with van der Waals surface area (Å²) >= 11 is 1.59. The van der Waals surface area contributed by atoms with Crippen LogP contribution < -0.4 is 0 Å². The minimum atomic E-state index is -4.49. The number of piperidine rings is 1. The number of amides is 1. The van der Waals surface area contributed by atoms with Gasteiger partial charge in [-0.05, 0) is 36.5 Å². The van der Waals surface area contributed by atoms with Crippen LogP contribution in [0.3, 0.4) is 0 Å². The van der Waals surface area contributed by atoms with Gasteiger partial charge in [0.15, 0.2) is 0 Å². The first kappa shape index (κ1) is 21.7. The number of hydrogen-bond acceptors (Lipinski definition) is 3. The molecule has 2 heterocycles. The number of nitrogens with zero attached hydrogens (tertiary/aromatic N) is 3. The highest BCUT2D eigenvalue weighted by Crippen LogP contribution is 2.33. The fourth-order valence-corrected chi connectivity index (χ4v) is 4.91. The fourth-order valence-electron chi connectivity index (χ4n) is 4.02. The zero-order valence-electron chi connectivity index (χ0n) is 17.0. The van der Waals surface area contributed by atoms with E-state index in [4.69, 9.17) is 0 Å². The molecule has 0 unspecified atom stereocenters. The van der Waals surface area contributed by atoms with Gasteiger partial charge in [-0.1, -0.05) is 42.5 Å². The van der Waals surface area contributed by atoms with E-state index in [9.17, 15) is 18.0 Å². The van der Waals surface area contributed by atoms with E-state index < -0.39 is 12.0 Å². The number of rotatable bonds is 6. The van der Waals surface area contributed by atoms with Crippen molar-refractivity contribution in [1.82, 2.24) is 14.5 Å². The van der Waals surface area contributed by atoms with Crippen LogP contribution in [-0.2, 0) is 23.3 Å². The normalized spacial score (nSPS) is 15.5. The smallest absolute Gasteiger partial charge is 0.342 e. The molecule has 1 aliphatic heterocycles. The number of hydrogen-bond donors (Lipinski definition) is 0. The molecule has 0 radical (unpaired) electrons. The second-order valence-corrected chi connectivity index (χ2v) is 8.82. The quantitative estimate of drug-likeness (QED) is 0.520. The Morgan fingerprint density at radius 2 is 1.71 bits per heavy atom. The Balaban J connectivity index is 1.33. The van der Waals surface area contributed by atoms with Gasteiger partial charge in [0, 0.05) is 25.4 Å². The summed E-state index contributed by atoms with van der Waals surface area (Å²) in [6, 6.07) is 16.7. The number of fused-ring (bicyclic) bond motifs is 1. The summed E-state index contributed by atoms with van der Waals surface area (Å²) in [6.45, 7) is 1.44. The number of para-hydroxylation sites is 2. The van der Waals surface area contributed by atoms with E-state index in [1.54, 1.807) is 36.0 Å². The van der Waals surface area contributed by atoms with Crippen molar-refractivity contribution < 1.29 is 18.0 Å². The van der Waals surface area contributed by atoms with Crippen molar-refractivity contribution in [3.8, 4) is 0 Å². The Labute approximate surface area is 183 Å². The number of aromatic nitrogens is 2. The third-order valence-corrected chi connectivity index (χ3v) is 6.64. The first-order chi connectivity index (χ1) is 14.9. The average molecular weight is 448 g/mol. The zero-order chi connectivity index (χ0) is 21.8. The van der Waals surface area contributed by atoms with Crippen LogP contribution in [0.25, 0.3) is 11.0 Å². The predicted octanol–water partition coefficient (Wildman–Crippen LogP) is 5.23. The highest BCUT2D eigenvalue weighted by molar-refractivity contribution is 7.99.